The molecule has 4 heteroatoms. The van der Waals surface area contributed by atoms with Gasteiger partial charge in [0.05, 0.1) is 5.02 Å². The zero-order valence-electron chi connectivity index (χ0n) is 9.71. The summed E-state index contributed by atoms with van der Waals surface area (Å²) in [5.41, 5.74) is 1.75. The first-order valence-electron chi connectivity index (χ1n) is 5.38. The van der Waals surface area contributed by atoms with Gasteiger partial charge in [0, 0.05) is 11.9 Å². The van der Waals surface area contributed by atoms with Crippen LogP contribution in [0.2, 0.25) is 5.02 Å². The van der Waals surface area contributed by atoms with Crippen molar-refractivity contribution in [1.82, 2.24) is 0 Å². The van der Waals surface area contributed by atoms with Crippen molar-refractivity contribution in [2.24, 2.45) is 0 Å². The highest BCUT2D eigenvalue weighted by atomic mass is 35.5. The fourth-order valence-electron chi connectivity index (χ4n) is 1.51. The van der Waals surface area contributed by atoms with Gasteiger partial charge in [-0.15, -0.1) is 11.6 Å². The molecule has 0 aliphatic heterocycles. The molecule has 0 aromatic heterocycles. The largest absolute Gasteiger partial charge is 0.455 e. The fraction of sp³-hybridized carbons (Fsp3) is 0.143. The lowest BCUT2D eigenvalue weighted by atomic mass is 10.2. The van der Waals surface area contributed by atoms with E-state index in [4.69, 9.17) is 27.9 Å². The lowest BCUT2D eigenvalue weighted by molar-refractivity contribution is 0.473. The fourth-order valence-corrected chi connectivity index (χ4v) is 1.92. The molecule has 2 aromatic rings. The summed E-state index contributed by atoms with van der Waals surface area (Å²) in [7, 11) is 0. The number of ether oxygens (including phenoxy) is 1. The Bertz CT molecular complexity index is 570. The highest BCUT2D eigenvalue weighted by Crippen LogP contribution is 2.32. The topological polar surface area (TPSA) is 9.23 Å². The zero-order valence-corrected chi connectivity index (χ0v) is 11.2. The third kappa shape index (κ3) is 2.95. The van der Waals surface area contributed by atoms with E-state index < -0.39 is 0 Å². The van der Waals surface area contributed by atoms with Crippen LogP contribution in [0.4, 0.5) is 4.39 Å². The smallest absolute Gasteiger partial charge is 0.146 e. The number of rotatable bonds is 3. The van der Waals surface area contributed by atoms with Gasteiger partial charge in [-0.05, 0) is 36.2 Å². The maximum absolute atomic E-state index is 13.1. The van der Waals surface area contributed by atoms with Gasteiger partial charge in [-0.1, -0.05) is 23.7 Å². The summed E-state index contributed by atoms with van der Waals surface area (Å²) >= 11 is 11.8. The maximum atomic E-state index is 13.1. The molecular weight excluding hydrogens is 274 g/mol. The van der Waals surface area contributed by atoms with Crippen LogP contribution in [-0.4, -0.2) is 0 Å². The number of benzene rings is 2. The van der Waals surface area contributed by atoms with Gasteiger partial charge in [-0.25, -0.2) is 4.39 Å². The van der Waals surface area contributed by atoms with Gasteiger partial charge < -0.3 is 4.74 Å². The summed E-state index contributed by atoms with van der Waals surface area (Å²) in [6.45, 7) is 1.84. The predicted molar refractivity (Wildman–Crippen MR) is 72.2 cm³/mol. The second kappa shape index (κ2) is 5.59. The minimum Gasteiger partial charge on any atom is -0.455 e. The van der Waals surface area contributed by atoms with E-state index in [0.717, 1.165) is 11.1 Å². The molecule has 0 saturated carbocycles. The molecule has 0 atom stereocenters. The van der Waals surface area contributed by atoms with Gasteiger partial charge in [0.15, 0.2) is 0 Å². The molecule has 0 heterocycles. The molecule has 0 fully saturated rings. The first-order valence-corrected chi connectivity index (χ1v) is 6.30. The Labute approximate surface area is 115 Å². The van der Waals surface area contributed by atoms with Crippen LogP contribution in [0.25, 0.3) is 0 Å². The molecular formula is C14H11Cl2FO. The van der Waals surface area contributed by atoms with E-state index >= 15 is 0 Å². The van der Waals surface area contributed by atoms with Gasteiger partial charge in [0.2, 0.25) is 0 Å². The van der Waals surface area contributed by atoms with Gasteiger partial charge in [0.25, 0.3) is 0 Å². The molecule has 18 heavy (non-hydrogen) atoms. The summed E-state index contributed by atoms with van der Waals surface area (Å²) in [6.07, 6.45) is 0. The number of hydrogen-bond acceptors (Lipinski definition) is 1. The number of aryl methyl sites for hydroxylation is 1. The lowest BCUT2D eigenvalue weighted by Crippen LogP contribution is -1.90. The normalized spacial score (nSPS) is 10.4. The van der Waals surface area contributed by atoms with Crippen molar-refractivity contribution in [3.05, 3.63) is 58.4 Å². The molecule has 0 N–H and O–H groups in total. The van der Waals surface area contributed by atoms with Crippen LogP contribution in [0.5, 0.6) is 11.5 Å². The van der Waals surface area contributed by atoms with E-state index in [1.807, 2.05) is 13.0 Å². The van der Waals surface area contributed by atoms with Gasteiger partial charge >= 0.3 is 0 Å². The maximum Gasteiger partial charge on any atom is 0.146 e. The number of halogens is 3. The molecule has 0 radical (unpaired) electrons. The van der Waals surface area contributed by atoms with Crippen molar-refractivity contribution in [1.29, 1.82) is 0 Å². The van der Waals surface area contributed by atoms with E-state index in [1.165, 1.54) is 12.1 Å². The first kappa shape index (κ1) is 13.2. The summed E-state index contributed by atoms with van der Waals surface area (Å²) in [5.74, 6) is 0.984. The zero-order chi connectivity index (χ0) is 13.1. The van der Waals surface area contributed by atoms with Crippen molar-refractivity contribution < 1.29 is 9.13 Å². The third-order valence-corrected chi connectivity index (χ3v) is 3.12. The second-order valence-electron chi connectivity index (χ2n) is 3.91. The first-order chi connectivity index (χ1) is 8.60. The van der Waals surface area contributed by atoms with Crippen molar-refractivity contribution in [2.45, 2.75) is 12.8 Å². The Morgan fingerprint density at radius 3 is 2.56 bits per heavy atom. The van der Waals surface area contributed by atoms with E-state index in [2.05, 4.69) is 0 Å². The summed E-state index contributed by atoms with van der Waals surface area (Å²) in [4.78, 5) is 0. The highest BCUT2D eigenvalue weighted by molar-refractivity contribution is 6.32. The van der Waals surface area contributed by atoms with E-state index in [0.29, 0.717) is 22.4 Å². The van der Waals surface area contributed by atoms with Crippen molar-refractivity contribution in [3.8, 4) is 11.5 Å². The predicted octanol–water partition coefficient (Wildman–Crippen LogP) is 5.32. The molecule has 94 valence electrons. The second-order valence-corrected chi connectivity index (χ2v) is 4.58. The van der Waals surface area contributed by atoms with Crippen LogP contribution < -0.4 is 4.74 Å². The monoisotopic (exact) mass is 284 g/mol. The van der Waals surface area contributed by atoms with Gasteiger partial charge in [-0.3, -0.25) is 0 Å². The molecule has 0 spiro atoms. The SMILES string of the molecule is Cc1ccc(F)cc1Oc1ccc(CCl)cc1Cl. The van der Waals surface area contributed by atoms with Crippen LogP contribution in [0, 0.1) is 12.7 Å². The quantitative estimate of drug-likeness (QED) is 0.693. The van der Waals surface area contributed by atoms with Crippen LogP contribution in [0.3, 0.4) is 0 Å². The molecule has 2 aromatic carbocycles. The Balaban J connectivity index is 2.31. The lowest BCUT2D eigenvalue weighted by Gasteiger charge is -2.10. The summed E-state index contributed by atoms with van der Waals surface area (Å²) in [5, 5.41) is 0.455. The molecule has 1 nitrogen and oxygen atoms in total. The van der Waals surface area contributed by atoms with Crippen molar-refractivity contribution in [3.63, 3.8) is 0 Å². The van der Waals surface area contributed by atoms with Crippen LogP contribution in [-0.2, 0) is 5.88 Å². The Hall–Kier alpha value is -1.25. The molecule has 0 aliphatic rings. The van der Waals surface area contributed by atoms with E-state index in [1.54, 1.807) is 18.2 Å². The summed E-state index contributed by atoms with van der Waals surface area (Å²) in [6, 6.07) is 9.67. The van der Waals surface area contributed by atoms with Gasteiger partial charge in [-0.2, -0.15) is 0 Å². The van der Waals surface area contributed by atoms with E-state index in [9.17, 15) is 4.39 Å². The molecule has 0 bridgehead atoms. The Morgan fingerprint density at radius 2 is 1.89 bits per heavy atom. The standard InChI is InChI=1S/C14H11Cl2FO/c1-9-2-4-11(17)7-14(9)18-13-5-3-10(8-15)6-12(13)16/h2-7H,8H2,1H3. The Kier molecular flexibility index (Phi) is 4.10. The van der Waals surface area contributed by atoms with Crippen molar-refractivity contribution >= 4 is 23.2 Å². The molecule has 0 aliphatic carbocycles. The minimum atomic E-state index is -0.343. The number of hydrogen-bond donors (Lipinski definition) is 0. The van der Waals surface area contributed by atoms with Crippen LogP contribution in [0.1, 0.15) is 11.1 Å². The molecule has 0 saturated heterocycles. The van der Waals surface area contributed by atoms with Crippen LogP contribution >= 0.6 is 23.2 Å². The summed E-state index contributed by atoms with van der Waals surface area (Å²) < 4.78 is 18.7. The van der Waals surface area contributed by atoms with Gasteiger partial charge in [0.1, 0.15) is 17.3 Å². The minimum absolute atomic E-state index is 0.343. The third-order valence-electron chi connectivity index (χ3n) is 2.52. The molecule has 0 unspecified atom stereocenters. The molecule has 0 amide bonds. The highest BCUT2D eigenvalue weighted by Gasteiger charge is 2.07. The number of alkyl halides is 1. The molecule has 2 rings (SSSR count). The van der Waals surface area contributed by atoms with Crippen LogP contribution in [0.15, 0.2) is 36.4 Å². The average molecular weight is 285 g/mol. The van der Waals surface area contributed by atoms with Crippen molar-refractivity contribution in [2.75, 3.05) is 0 Å². The van der Waals surface area contributed by atoms with E-state index in [-0.39, 0.29) is 5.82 Å². The average Bonchev–Trinajstić information content (AvgIpc) is 2.36. The Morgan fingerprint density at radius 1 is 1.11 bits per heavy atom.